The predicted molar refractivity (Wildman–Crippen MR) is 141 cm³/mol. The van der Waals surface area contributed by atoms with Crippen molar-refractivity contribution in [2.75, 3.05) is 13.2 Å². The van der Waals surface area contributed by atoms with Crippen molar-refractivity contribution in [1.29, 1.82) is 0 Å². The Kier molecular flexibility index (Phi) is 9.58. The van der Waals surface area contributed by atoms with E-state index < -0.39 is 6.04 Å². The number of rotatable bonds is 10. The summed E-state index contributed by atoms with van der Waals surface area (Å²) in [5, 5.41) is 4.16. The number of likely N-dealkylation sites (N-methyl/N-ethyl adjacent to an activating group) is 1. The van der Waals surface area contributed by atoms with Crippen LogP contribution in [0.1, 0.15) is 29.2 Å². The molecular weight excluding hydrogens is 483 g/mol. The molecule has 0 saturated heterocycles. The zero-order valence-electron chi connectivity index (χ0n) is 20.2. The molecule has 184 valence electrons. The number of ether oxygens (including phenoxy) is 1. The molecule has 3 aromatic carbocycles. The summed E-state index contributed by atoms with van der Waals surface area (Å²) in [6.45, 7) is 6.14. The Morgan fingerprint density at radius 1 is 0.943 bits per heavy atom. The number of nitrogens with one attached hydrogen (secondary N) is 1. The second kappa shape index (κ2) is 12.6. The summed E-state index contributed by atoms with van der Waals surface area (Å²) in [5.74, 6) is 0.0519. The van der Waals surface area contributed by atoms with Gasteiger partial charge >= 0.3 is 0 Å². The van der Waals surface area contributed by atoms with Gasteiger partial charge in [0.1, 0.15) is 11.8 Å². The van der Waals surface area contributed by atoms with Gasteiger partial charge < -0.3 is 15.0 Å². The highest BCUT2D eigenvalue weighted by Gasteiger charge is 2.30. The van der Waals surface area contributed by atoms with E-state index in [0.717, 1.165) is 22.3 Å². The van der Waals surface area contributed by atoms with E-state index in [2.05, 4.69) is 5.32 Å². The molecule has 0 aliphatic carbocycles. The van der Waals surface area contributed by atoms with Crippen molar-refractivity contribution >= 4 is 35.0 Å². The van der Waals surface area contributed by atoms with Crippen LogP contribution in [0.2, 0.25) is 10.0 Å². The molecule has 0 spiro atoms. The molecule has 0 saturated carbocycles. The largest absolute Gasteiger partial charge is 0.484 e. The Morgan fingerprint density at radius 2 is 1.57 bits per heavy atom. The Hall–Kier alpha value is -3.02. The van der Waals surface area contributed by atoms with Gasteiger partial charge in [-0.3, -0.25) is 9.59 Å². The molecule has 0 aliphatic rings. The molecule has 0 bridgehead atoms. The molecule has 0 aliphatic heterocycles. The highest BCUT2D eigenvalue weighted by Crippen LogP contribution is 2.26. The zero-order chi connectivity index (χ0) is 25.4. The standard InChI is InChI=1S/C28H30Cl2N2O3/c1-4-31-28(34)25(16-21-8-6-5-7-9-21)32(17-22-10-12-23(29)13-11-22)26(33)18-35-24-14-19(2)27(30)20(3)15-24/h5-15,25H,4,16-18H2,1-3H3,(H,31,34)/t25-/m1/s1. The number of halogens is 2. The summed E-state index contributed by atoms with van der Waals surface area (Å²) in [5.41, 5.74) is 3.57. The van der Waals surface area contributed by atoms with Gasteiger partial charge in [-0.25, -0.2) is 0 Å². The minimum absolute atomic E-state index is 0.210. The van der Waals surface area contributed by atoms with Gasteiger partial charge in [-0.05, 0) is 67.3 Å². The SMILES string of the molecule is CCNC(=O)[C@@H](Cc1ccccc1)N(Cc1ccc(Cl)cc1)C(=O)COc1cc(C)c(Cl)c(C)c1. The van der Waals surface area contributed by atoms with E-state index in [0.29, 0.717) is 28.8 Å². The van der Waals surface area contributed by atoms with Crippen LogP contribution in [0.15, 0.2) is 66.7 Å². The summed E-state index contributed by atoms with van der Waals surface area (Å²) in [6.07, 6.45) is 0.380. The van der Waals surface area contributed by atoms with Crippen molar-refractivity contribution in [1.82, 2.24) is 10.2 Å². The maximum Gasteiger partial charge on any atom is 0.261 e. The van der Waals surface area contributed by atoms with Gasteiger partial charge in [0.25, 0.3) is 5.91 Å². The molecule has 0 aromatic heterocycles. The quantitative estimate of drug-likeness (QED) is 0.375. The number of carbonyl (C=O) groups excluding carboxylic acids is 2. The van der Waals surface area contributed by atoms with Gasteiger partial charge in [0, 0.05) is 29.6 Å². The molecule has 0 unspecified atom stereocenters. The molecule has 35 heavy (non-hydrogen) atoms. The van der Waals surface area contributed by atoms with Crippen molar-refractivity contribution in [3.63, 3.8) is 0 Å². The van der Waals surface area contributed by atoms with Crippen LogP contribution in [-0.4, -0.2) is 35.9 Å². The second-order valence-corrected chi connectivity index (χ2v) is 9.22. The molecule has 1 atom stereocenters. The molecule has 5 nitrogen and oxygen atoms in total. The highest BCUT2D eigenvalue weighted by molar-refractivity contribution is 6.32. The first-order valence-corrected chi connectivity index (χ1v) is 12.3. The lowest BCUT2D eigenvalue weighted by Gasteiger charge is -2.31. The van der Waals surface area contributed by atoms with Crippen LogP contribution in [0.3, 0.4) is 0 Å². The van der Waals surface area contributed by atoms with E-state index in [1.165, 1.54) is 0 Å². The third-order valence-corrected chi connectivity index (χ3v) is 6.51. The number of amides is 2. The van der Waals surface area contributed by atoms with Crippen LogP contribution >= 0.6 is 23.2 Å². The van der Waals surface area contributed by atoms with Crippen molar-refractivity contribution in [3.05, 3.63) is 99.0 Å². The monoisotopic (exact) mass is 512 g/mol. The molecule has 0 fully saturated rings. The van der Waals surface area contributed by atoms with Gasteiger partial charge in [-0.15, -0.1) is 0 Å². The van der Waals surface area contributed by atoms with E-state index >= 15 is 0 Å². The third kappa shape index (κ3) is 7.48. The summed E-state index contributed by atoms with van der Waals surface area (Å²) < 4.78 is 5.86. The summed E-state index contributed by atoms with van der Waals surface area (Å²) in [7, 11) is 0. The number of hydrogen-bond donors (Lipinski definition) is 1. The maximum atomic E-state index is 13.5. The lowest BCUT2D eigenvalue weighted by molar-refractivity contribution is -0.142. The Bertz CT molecular complexity index is 1130. The van der Waals surface area contributed by atoms with Crippen molar-refractivity contribution in [3.8, 4) is 5.75 Å². The molecular formula is C28H30Cl2N2O3. The Balaban J connectivity index is 1.89. The molecule has 0 radical (unpaired) electrons. The fourth-order valence-electron chi connectivity index (χ4n) is 3.85. The van der Waals surface area contributed by atoms with Gasteiger partial charge in [0.15, 0.2) is 6.61 Å². The molecule has 3 rings (SSSR count). The predicted octanol–water partition coefficient (Wildman–Crippen LogP) is 5.77. The van der Waals surface area contributed by atoms with Gasteiger partial charge in [0.05, 0.1) is 0 Å². The summed E-state index contributed by atoms with van der Waals surface area (Å²) >= 11 is 12.3. The average Bonchev–Trinajstić information content (AvgIpc) is 2.85. The maximum absolute atomic E-state index is 13.5. The molecule has 3 aromatic rings. The van der Waals surface area contributed by atoms with Crippen molar-refractivity contribution in [2.45, 2.75) is 39.8 Å². The number of nitrogens with zero attached hydrogens (tertiary/aromatic N) is 1. The van der Waals surface area contributed by atoms with Crippen LogP contribution < -0.4 is 10.1 Å². The van der Waals surface area contributed by atoms with Crippen LogP contribution in [0, 0.1) is 13.8 Å². The molecule has 1 N–H and O–H groups in total. The first kappa shape index (κ1) is 26.6. The van der Waals surface area contributed by atoms with E-state index in [-0.39, 0.29) is 25.0 Å². The van der Waals surface area contributed by atoms with Crippen LogP contribution in [0.5, 0.6) is 5.75 Å². The second-order valence-electron chi connectivity index (χ2n) is 8.41. The van der Waals surface area contributed by atoms with E-state index in [1.807, 2.05) is 63.2 Å². The molecule has 0 heterocycles. The minimum Gasteiger partial charge on any atom is -0.484 e. The average molecular weight is 513 g/mol. The van der Waals surface area contributed by atoms with E-state index in [4.69, 9.17) is 27.9 Å². The molecule has 2 amide bonds. The van der Waals surface area contributed by atoms with Crippen molar-refractivity contribution < 1.29 is 14.3 Å². The lowest BCUT2D eigenvalue weighted by Crippen LogP contribution is -2.51. The fourth-order valence-corrected chi connectivity index (χ4v) is 4.09. The fraction of sp³-hybridized carbons (Fsp3) is 0.286. The molecule has 7 heteroatoms. The Labute approximate surface area is 217 Å². The first-order valence-electron chi connectivity index (χ1n) is 11.5. The normalized spacial score (nSPS) is 11.6. The number of carbonyl (C=O) groups is 2. The van der Waals surface area contributed by atoms with Crippen LogP contribution in [0.25, 0.3) is 0 Å². The number of aryl methyl sites for hydroxylation is 2. The zero-order valence-corrected chi connectivity index (χ0v) is 21.7. The van der Waals surface area contributed by atoms with Crippen molar-refractivity contribution in [2.24, 2.45) is 0 Å². The highest BCUT2D eigenvalue weighted by atomic mass is 35.5. The van der Waals surface area contributed by atoms with E-state index in [1.54, 1.807) is 29.2 Å². The van der Waals surface area contributed by atoms with Gasteiger partial charge in [-0.1, -0.05) is 65.7 Å². The first-order chi connectivity index (χ1) is 16.8. The van der Waals surface area contributed by atoms with Crippen LogP contribution in [-0.2, 0) is 22.6 Å². The topological polar surface area (TPSA) is 58.6 Å². The van der Waals surface area contributed by atoms with Crippen LogP contribution in [0.4, 0.5) is 0 Å². The number of hydrogen-bond acceptors (Lipinski definition) is 3. The minimum atomic E-state index is -0.710. The summed E-state index contributed by atoms with van der Waals surface area (Å²) in [6, 6.07) is 19.8. The number of benzene rings is 3. The van der Waals surface area contributed by atoms with Gasteiger partial charge in [-0.2, -0.15) is 0 Å². The smallest absolute Gasteiger partial charge is 0.261 e. The lowest BCUT2D eigenvalue weighted by atomic mass is 10.0. The van der Waals surface area contributed by atoms with E-state index in [9.17, 15) is 9.59 Å². The third-order valence-electron chi connectivity index (χ3n) is 5.66. The summed E-state index contributed by atoms with van der Waals surface area (Å²) in [4.78, 5) is 28.3. The Morgan fingerprint density at radius 3 is 2.17 bits per heavy atom. The van der Waals surface area contributed by atoms with Gasteiger partial charge in [0.2, 0.25) is 5.91 Å².